The van der Waals surface area contributed by atoms with Crippen molar-refractivity contribution in [3.8, 4) is 5.75 Å². The van der Waals surface area contributed by atoms with Gasteiger partial charge in [-0.3, -0.25) is 0 Å². The van der Waals surface area contributed by atoms with Gasteiger partial charge in [-0.15, -0.1) is 0 Å². The molecule has 17 heavy (non-hydrogen) atoms. The first-order valence-corrected chi connectivity index (χ1v) is 6.15. The third-order valence-electron chi connectivity index (χ3n) is 2.20. The summed E-state index contributed by atoms with van der Waals surface area (Å²) in [6, 6.07) is 12.1. The zero-order valence-electron chi connectivity index (χ0n) is 8.99. The van der Waals surface area contributed by atoms with Crippen LogP contribution in [0.1, 0.15) is 5.56 Å². The fourth-order valence-corrected chi connectivity index (χ4v) is 1.82. The maximum absolute atomic E-state index is 13.1. The Morgan fingerprint density at radius 1 is 1.12 bits per heavy atom. The van der Waals surface area contributed by atoms with Crippen LogP contribution < -0.4 is 10.5 Å². The van der Waals surface area contributed by atoms with Gasteiger partial charge in [0.15, 0.2) is 0 Å². The molecular weight excluding hydrogens is 332 g/mol. The zero-order chi connectivity index (χ0) is 12.3. The minimum absolute atomic E-state index is 0.308. The van der Waals surface area contributed by atoms with E-state index >= 15 is 0 Å². The van der Waals surface area contributed by atoms with Gasteiger partial charge >= 0.3 is 0 Å². The maximum Gasteiger partial charge on any atom is 0.125 e. The van der Waals surface area contributed by atoms with Gasteiger partial charge in [0.1, 0.15) is 18.2 Å². The Morgan fingerprint density at radius 2 is 1.82 bits per heavy atom. The fraction of sp³-hybridized carbons (Fsp3) is 0.0769. The van der Waals surface area contributed by atoms with E-state index in [1.165, 1.54) is 12.1 Å². The van der Waals surface area contributed by atoms with Gasteiger partial charge in [-0.25, -0.2) is 4.39 Å². The third kappa shape index (κ3) is 3.59. The van der Waals surface area contributed by atoms with Crippen LogP contribution in [0.2, 0.25) is 0 Å². The SMILES string of the molecule is Nc1cc(F)cc(COc2ccc(I)cc2)c1. The molecule has 0 radical (unpaired) electrons. The Kier molecular flexibility index (Phi) is 3.83. The van der Waals surface area contributed by atoms with E-state index in [1.807, 2.05) is 24.3 Å². The van der Waals surface area contributed by atoms with E-state index in [1.54, 1.807) is 6.07 Å². The predicted molar refractivity (Wildman–Crippen MR) is 74.3 cm³/mol. The van der Waals surface area contributed by atoms with E-state index < -0.39 is 0 Å². The average molecular weight is 343 g/mol. The van der Waals surface area contributed by atoms with Gasteiger partial charge in [0.05, 0.1) is 0 Å². The van der Waals surface area contributed by atoms with Gasteiger partial charge in [0.25, 0.3) is 0 Å². The Bertz CT molecular complexity index is 493. The van der Waals surface area contributed by atoms with E-state index in [-0.39, 0.29) is 5.82 Å². The molecule has 0 fully saturated rings. The van der Waals surface area contributed by atoms with Crippen LogP contribution in [0.5, 0.6) is 5.75 Å². The summed E-state index contributed by atoms with van der Waals surface area (Å²) in [7, 11) is 0. The van der Waals surface area contributed by atoms with Crippen LogP contribution in [0.4, 0.5) is 10.1 Å². The lowest BCUT2D eigenvalue weighted by atomic mass is 10.2. The Morgan fingerprint density at radius 3 is 2.47 bits per heavy atom. The molecule has 2 aromatic carbocycles. The van der Waals surface area contributed by atoms with Crippen LogP contribution in [0.3, 0.4) is 0 Å². The molecule has 0 heterocycles. The van der Waals surface area contributed by atoms with Crippen LogP contribution in [0.25, 0.3) is 0 Å². The quantitative estimate of drug-likeness (QED) is 0.683. The largest absolute Gasteiger partial charge is 0.489 e. The molecule has 0 aliphatic rings. The first kappa shape index (κ1) is 12.2. The van der Waals surface area contributed by atoms with Gasteiger partial charge in [-0.05, 0) is 70.6 Å². The lowest BCUT2D eigenvalue weighted by Gasteiger charge is -2.07. The van der Waals surface area contributed by atoms with Crippen LogP contribution in [-0.2, 0) is 6.61 Å². The first-order chi connectivity index (χ1) is 8.13. The number of benzene rings is 2. The molecule has 88 valence electrons. The van der Waals surface area contributed by atoms with Gasteiger partial charge in [-0.1, -0.05) is 0 Å². The highest BCUT2D eigenvalue weighted by atomic mass is 127. The van der Waals surface area contributed by atoms with E-state index in [4.69, 9.17) is 10.5 Å². The molecule has 2 aromatic rings. The molecule has 0 bridgehead atoms. The van der Waals surface area contributed by atoms with Crippen LogP contribution >= 0.6 is 22.6 Å². The van der Waals surface area contributed by atoms with Crippen LogP contribution in [-0.4, -0.2) is 0 Å². The fourth-order valence-electron chi connectivity index (χ4n) is 1.46. The lowest BCUT2D eigenvalue weighted by molar-refractivity contribution is 0.305. The number of hydrogen-bond acceptors (Lipinski definition) is 2. The summed E-state index contributed by atoms with van der Waals surface area (Å²) >= 11 is 2.22. The number of hydrogen-bond donors (Lipinski definition) is 1. The maximum atomic E-state index is 13.1. The highest BCUT2D eigenvalue weighted by Gasteiger charge is 2.00. The predicted octanol–water partition coefficient (Wildman–Crippen LogP) is 3.59. The second-order valence-corrected chi connectivity index (χ2v) is 4.88. The molecule has 0 aromatic heterocycles. The number of ether oxygens (including phenoxy) is 1. The third-order valence-corrected chi connectivity index (χ3v) is 2.92. The molecule has 0 aliphatic heterocycles. The van der Waals surface area contributed by atoms with Gasteiger partial charge < -0.3 is 10.5 Å². The number of nitrogen functional groups attached to an aromatic ring is 1. The molecule has 2 N–H and O–H groups in total. The Hall–Kier alpha value is -1.30. The summed E-state index contributed by atoms with van der Waals surface area (Å²) in [4.78, 5) is 0. The van der Waals surface area contributed by atoms with Gasteiger partial charge in [-0.2, -0.15) is 0 Å². The lowest BCUT2D eigenvalue weighted by Crippen LogP contribution is -1.98. The number of rotatable bonds is 3. The molecule has 0 saturated carbocycles. The number of anilines is 1. The molecule has 0 atom stereocenters. The molecule has 4 heteroatoms. The van der Waals surface area contributed by atoms with Crippen LogP contribution in [0.15, 0.2) is 42.5 Å². The van der Waals surface area contributed by atoms with Crippen molar-refractivity contribution in [2.24, 2.45) is 0 Å². The van der Waals surface area contributed by atoms with Crippen molar-refractivity contribution in [2.45, 2.75) is 6.61 Å². The van der Waals surface area contributed by atoms with Crippen LogP contribution in [0, 0.1) is 9.39 Å². The van der Waals surface area contributed by atoms with E-state index in [0.29, 0.717) is 12.3 Å². The summed E-state index contributed by atoms with van der Waals surface area (Å²) in [6.45, 7) is 0.308. The average Bonchev–Trinajstić information content (AvgIpc) is 2.27. The molecule has 0 aliphatic carbocycles. The van der Waals surface area contributed by atoms with Crippen molar-refractivity contribution in [3.63, 3.8) is 0 Å². The number of nitrogens with two attached hydrogens (primary N) is 1. The normalized spacial score (nSPS) is 10.2. The standard InChI is InChI=1S/C13H11FINO/c14-10-5-9(6-12(16)7-10)8-17-13-3-1-11(15)2-4-13/h1-7H,8,16H2. The molecule has 0 amide bonds. The van der Waals surface area contributed by atoms with Crippen molar-refractivity contribution in [2.75, 3.05) is 5.73 Å². The van der Waals surface area contributed by atoms with Crippen molar-refractivity contribution in [3.05, 3.63) is 57.4 Å². The van der Waals surface area contributed by atoms with E-state index in [2.05, 4.69) is 22.6 Å². The van der Waals surface area contributed by atoms with Crippen molar-refractivity contribution < 1.29 is 9.13 Å². The summed E-state index contributed by atoms with van der Waals surface area (Å²) in [5.41, 5.74) is 6.68. The minimum atomic E-state index is -0.341. The highest BCUT2D eigenvalue weighted by Crippen LogP contribution is 2.17. The first-order valence-electron chi connectivity index (χ1n) is 5.07. The van der Waals surface area contributed by atoms with Gasteiger partial charge in [0, 0.05) is 9.26 Å². The topological polar surface area (TPSA) is 35.2 Å². The molecule has 0 unspecified atom stereocenters. The summed E-state index contributed by atoms with van der Waals surface area (Å²) in [6.07, 6.45) is 0. The second kappa shape index (κ2) is 5.35. The molecular formula is C13H11FINO. The van der Waals surface area contributed by atoms with Crippen molar-refractivity contribution in [1.29, 1.82) is 0 Å². The van der Waals surface area contributed by atoms with E-state index in [9.17, 15) is 4.39 Å². The smallest absolute Gasteiger partial charge is 0.125 e. The summed E-state index contributed by atoms with van der Waals surface area (Å²) in [5.74, 6) is 0.416. The van der Waals surface area contributed by atoms with Crippen molar-refractivity contribution >= 4 is 28.3 Å². The number of halogens is 2. The monoisotopic (exact) mass is 343 g/mol. The molecule has 2 rings (SSSR count). The van der Waals surface area contributed by atoms with Gasteiger partial charge in [0.2, 0.25) is 0 Å². The second-order valence-electron chi connectivity index (χ2n) is 3.64. The van der Waals surface area contributed by atoms with Crippen molar-refractivity contribution in [1.82, 2.24) is 0 Å². The Balaban J connectivity index is 2.04. The summed E-state index contributed by atoms with van der Waals surface area (Å²) < 4.78 is 19.7. The molecule has 2 nitrogen and oxygen atoms in total. The molecule has 0 saturated heterocycles. The minimum Gasteiger partial charge on any atom is -0.489 e. The zero-order valence-corrected chi connectivity index (χ0v) is 11.1. The molecule has 0 spiro atoms. The summed E-state index contributed by atoms with van der Waals surface area (Å²) in [5, 5.41) is 0. The highest BCUT2D eigenvalue weighted by molar-refractivity contribution is 14.1. The Labute approximate surface area is 113 Å². The van der Waals surface area contributed by atoms with E-state index in [0.717, 1.165) is 14.9 Å².